The third-order valence-corrected chi connectivity index (χ3v) is 6.88. The number of rotatable bonds is 4. The summed E-state index contributed by atoms with van der Waals surface area (Å²) >= 11 is 1.95. The molecule has 0 heterocycles. The van der Waals surface area contributed by atoms with Gasteiger partial charge in [-0.1, -0.05) is 76.6 Å². The number of alkyl halides is 1. The van der Waals surface area contributed by atoms with Crippen molar-refractivity contribution in [3.63, 3.8) is 0 Å². The minimum Gasteiger partial charge on any atom is -0.478 e. The van der Waals surface area contributed by atoms with Crippen LogP contribution in [0.1, 0.15) is 73.1 Å². The zero-order chi connectivity index (χ0) is 18.9. The highest BCUT2D eigenvalue weighted by Gasteiger charge is 2.51. The van der Waals surface area contributed by atoms with E-state index in [0.29, 0.717) is 15.8 Å². The lowest BCUT2D eigenvalue weighted by molar-refractivity contribution is -0.132. The van der Waals surface area contributed by atoms with Gasteiger partial charge in [-0.15, -0.1) is 0 Å². The Morgan fingerprint density at radius 3 is 2.33 bits per heavy atom. The van der Waals surface area contributed by atoms with Gasteiger partial charge in [0.2, 0.25) is 0 Å². The van der Waals surface area contributed by atoms with Crippen LogP contribution in [-0.2, 0) is 4.79 Å². The molecule has 3 nitrogen and oxygen atoms in total. The van der Waals surface area contributed by atoms with E-state index in [1.807, 2.05) is 36.4 Å². The Hall–Kier alpha value is -0.100. The minimum absolute atomic E-state index is 0.00203. The van der Waals surface area contributed by atoms with E-state index >= 15 is 0 Å². The maximum atomic E-state index is 10.1. The monoisotopic (exact) mass is 452 g/mol. The minimum atomic E-state index is -0.908. The number of aliphatic hydroxyl groups is 1. The molecule has 0 aliphatic heterocycles. The first-order chi connectivity index (χ1) is 11.3. The average molecular weight is 452 g/mol. The van der Waals surface area contributed by atoms with E-state index in [9.17, 15) is 9.90 Å². The summed E-state index contributed by atoms with van der Waals surface area (Å²) in [6.45, 7) is 14.4. The lowest BCUT2D eigenvalue weighted by atomic mass is 9.61. The SMILES string of the molecule is C=C(CI)C(=O)O.CC.CC[C@@H](C)C1CCC2C(O)CCCC21C. The summed E-state index contributed by atoms with van der Waals surface area (Å²) in [6.07, 6.45) is 7.55. The van der Waals surface area contributed by atoms with Crippen molar-refractivity contribution in [2.75, 3.05) is 4.43 Å². The Bertz CT molecular complexity index is 396. The van der Waals surface area contributed by atoms with Gasteiger partial charge < -0.3 is 10.2 Å². The molecule has 0 aromatic heterocycles. The van der Waals surface area contributed by atoms with Gasteiger partial charge in [0, 0.05) is 10.0 Å². The molecule has 4 heteroatoms. The highest BCUT2D eigenvalue weighted by atomic mass is 127. The number of hydrogen-bond donors (Lipinski definition) is 2. The van der Waals surface area contributed by atoms with E-state index in [0.717, 1.165) is 18.3 Å². The van der Waals surface area contributed by atoms with Crippen LogP contribution in [0, 0.1) is 23.2 Å². The van der Waals surface area contributed by atoms with Crippen LogP contribution >= 0.6 is 22.6 Å². The number of hydrogen-bond acceptors (Lipinski definition) is 2. The summed E-state index contributed by atoms with van der Waals surface area (Å²) in [6, 6.07) is 0. The van der Waals surface area contributed by atoms with Crippen LogP contribution in [0.5, 0.6) is 0 Å². The van der Waals surface area contributed by atoms with E-state index in [-0.39, 0.29) is 11.7 Å². The van der Waals surface area contributed by atoms with Crippen LogP contribution in [0.25, 0.3) is 0 Å². The van der Waals surface area contributed by atoms with Crippen LogP contribution in [-0.4, -0.2) is 26.7 Å². The van der Waals surface area contributed by atoms with Crippen molar-refractivity contribution in [3.05, 3.63) is 12.2 Å². The van der Waals surface area contributed by atoms with E-state index in [1.54, 1.807) is 0 Å². The van der Waals surface area contributed by atoms with Crippen molar-refractivity contribution in [2.24, 2.45) is 23.2 Å². The van der Waals surface area contributed by atoms with Gasteiger partial charge >= 0.3 is 5.97 Å². The second kappa shape index (κ2) is 11.5. The Kier molecular flexibility index (Phi) is 11.5. The highest BCUT2D eigenvalue weighted by molar-refractivity contribution is 14.1. The van der Waals surface area contributed by atoms with Gasteiger partial charge in [0.05, 0.1) is 6.10 Å². The molecule has 0 aromatic carbocycles. The van der Waals surface area contributed by atoms with Crippen molar-refractivity contribution in [1.82, 2.24) is 0 Å². The highest BCUT2D eigenvalue weighted by Crippen LogP contribution is 2.57. The zero-order valence-electron chi connectivity index (χ0n) is 16.1. The molecule has 2 fully saturated rings. The third kappa shape index (κ3) is 6.01. The van der Waals surface area contributed by atoms with Crippen molar-refractivity contribution in [3.8, 4) is 0 Å². The second-order valence-corrected chi connectivity index (χ2v) is 7.95. The van der Waals surface area contributed by atoms with Gasteiger partial charge in [0.1, 0.15) is 0 Å². The average Bonchev–Trinajstić information content (AvgIpc) is 2.94. The lowest BCUT2D eigenvalue weighted by Gasteiger charge is -2.45. The van der Waals surface area contributed by atoms with E-state index in [1.165, 1.54) is 32.1 Å². The quantitative estimate of drug-likeness (QED) is 0.327. The number of halogens is 1. The number of carbonyl (C=O) groups is 1. The first kappa shape index (κ1) is 23.9. The molecule has 0 radical (unpaired) electrons. The van der Waals surface area contributed by atoms with Crippen molar-refractivity contribution in [2.45, 2.75) is 79.2 Å². The first-order valence-corrected chi connectivity index (χ1v) is 11.0. The number of carboxylic acid groups (broad SMARTS) is 1. The van der Waals surface area contributed by atoms with Gasteiger partial charge in [-0.25, -0.2) is 4.79 Å². The number of aliphatic carboxylic acids is 1. The third-order valence-electron chi connectivity index (χ3n) is 5.96. The number of carboxylic acids is 1. The van der Waals surface area contributed by atoms with Crippen molar-refractivity contribution < 1.29 is 15.0 Å². The number of aliphatic hydroxyl groups excluding tert-OH is 1. The van der Waals surface area contributed by atoms with Gasteiger partial charge in [-0.2, -0.15) is 0 Å². The molecule has 2 aliphatic rings. The topological polar surface area (TPSA) is 57.5 Å². The predicted molar refractivity (Wildman–Crippen MR) is 111 cm³/mol. The van der Waals surface area contributed by atoms with Gasteiger partial charge in [-0.05, 0) is 48.9 Å². The molecule has 2 aliphatic carbocycles. The molecule has 142 valence electrons. The molecule has 2 N–H and O–H groups in total. The molecule has 2 saturated carbocycles. The molecule has 2 rings (SSSR count). The lowest BCUT2D eigenvalue weighted by Crippen LogP contribution is -2.41. The van der Waals surface area contributed by atoms with Crippen LogP contribution in [0.2, 0.25) is 0 Å². The molecule has 0 spiro atoms. The van der Waals surface area contributed by atoms with Crippen LogP contribution in [0.15, 0.2) is 12.2 Å². The van der Waals surface area contributed by atoms with Gasteiger partial charge in [-0.3, -0.25) is 0 Å². The fraction of sp³-hybridized carbons (Fsp3) is 0.850. The largest absolute Gasteiger partial charge is 0.478 e. The van der Waals surface area contributed by atoms with Crippen LogP contribution < -0.4 is 0 Å². The number of fused-ring (bicyclic) bond motifs is 1. The normalized spacial score (nSPS) is 32.4. The van der Waals surface area contributed by atoms with Crippen molar-refractivity contribution >= 4 is 28.6 Å². The van der Waals surface area contributed by atoms with Gasteiger partial charge in [0.15, 0.2) is 0 Å². The predicted octanol–water partition coefficient (Wildman–Crippen LogP) is 5.70. The van der Waals surface area contributed by atoms with E-state index in [4.69, 9.17) is 5.11 Å². The molecular weight excluding hydrogens is 415 g/mol. The summed E-state index contributed by atoms with van der Waals surface area (Å²) < 4.78 is 0.493. The Morgan fingerprint density at radius 1 is 1.33 bits per heavy atom. The standard InChI is InChI=1S/C14H26O.C4H5IO2.C2H6/c1-4-10(2)11-7-8-12-13(15)6-5-9-14(11,12)3;1-3(2-5)4(6)7;1-2/h10-13,15H,4-9H2,1-3H3;1-2H2,(H,6,7);1-2H3/t10-,11?,12?,13?,14?;;/m1../s1. The Balaban J connectivity index is 0.000000501. The van der Waals surface area contributed by atoms with E-state index in [2.05, 4.69) is 27.4 Å². The first-order valence-electron chi connectivity index (χ1n) is 9.43. The molecule has 0 amide bonds. The van der Waals surface area contributed by atoms with Gasteiger partial charge in [0.25, 0.3) is 0 Å². The Morgan fingerprint density at radius 2 is 1.92 bits per heavy atom. The van der Waals surface area contributed by atoms with Crippen LogP contribution in [0.4, 0.5) is 0 Å². The molecule has 24 heavy (non-hydrogen) atoms. The fourth-order valence-electron chi connectivity index (χ4n) is 4.47. The maximum Gasteiger partial charge on any atom is 0.331 e. The Labute approximate surface area is 162 Å². The summed E-state index contributed by atoms with van der Waals surface area (Å²) in [7, 11) is 0. The summed E-state index contributed by atoms with van der Waals surface area (Å²) in [5.41, 5.74) is 0.702. The fourth-order valence-corrected chi connectivity index (χ4v) is 4.79. The summed E-state index contributed by atoms with van der Waals surface area (Å²) in [5, 5.41) is 18.2. The van der Waals surface area contributed by atoms with E-state index < -0.39 is 5.97 Å². The zero-order valence-corrected chi connectivity index (χ0v) is 18.3. The molecule has 0 bridgehead atoms. The van der Waals surface area contributed by atoms with Crippen molar-refractivity contribution in [1.29, 1.82) is 0 Å². The molecule has 0 aromatic rings. The molecule has 5 atom stereocenters. The second-order valence-electron chi connectivity index (χ2n) is 7.18. The smallest absolute Gasteiger partial charge is 0.331 e. The summed E-state index contributed by atoms with van der Waals surface area (Å²) in [5.74, 6) is 1.40. The maximum absolute atomic E-state index is 10.1. The molecular formula is C20H37IO3. The molecule has 4 unspecified atom stereocenters. The molecule has 0 saturated heterocycles. The van der Waals surface area contributed by atoms with Crippen LogP contribution in [0.3, 0.4) is 0 Å². The summed E-state index contributed by atoms with van der Waals surface area (Å²) in [4.78, 5) is 9.83.